The van der Waals surface area contributed by atoms with Gasteiger partial charge >= 0.3 is 7.82 Å². The first-order valence-corrected chi connectivity index (χ1v) is 23.1. The largest absolute Gasteiger partial charge is 0.472 e. The van der Waals surface area contributed by atoms with Crippen molar-refractivity contribution in [3.05, 3.63) is 36.5 Å². The monoisotopic (exact) mass is 802 g/mol. The third-order valence-corrected chi connectivity index (χ3v) is 11.4. The fourth-order valence-electron chi connectivity index (χ4n) is 6.86. The van der Waals surface area contributed by atoms with E-state index in [9.17, 15) is 34.7 Å². The molecule has 1 saturated carbocycles. The Morgan fingerprint density at radius 2 is 1.40 bits per heavy atom. The number of phosphoric acid groups is 1. The summed E-state index contributed by atoms with van der Waals surface area (Å²) in [5.74, 6) is -0.698. The molecule has 1 rings (SSSR count). The van der Waals surface area contributed by atoms with Crippen LogP contribution >= 0.6 is 7.82 Å². The van der Waals surface area contributed by atoms with Gasteiger partial charge in [0.15, 0.2) is 0 Å². The molecule has 55 heavy (non-hydrogen) atoms. The number of hydrogen-bond donors (Lipinski definition) is 6. The van der Waals surface area contributed by atoms with Crippen molar-refractivity contribution < 1.29 is 48.2 Å². The summed E-state index contributed by atoms with van der Waals surface area (Å²) in [6.07, 6.45) is 28.7. The minimum atomic E-state index is -4.40. The van der Waals surface area contributed by atoms with E-state index in [1.54, 1.807) is 12.2 Å². The second-order valence-corrected chi connectivity index (χ2v) is 18.1. The van der Waals surface area contributed by atoms with Crippen LogP contribution in [0, 0.1) is 11.8 Å². The molecule has 0 aromatic carbocycles. The smallest absolute Gasteiger partial charge is 0.393 e. The summed E-state index contributed by atoms with van der Waals surface area (Å²) in [4.78, 5) is 23.2. The maximum Gasteiger partial charge on any atom is 0.472 e. The Balaban J connectivity index is 2.60. The molecule has 8 atom stereocenters. The number of likely N-dealkylation sites (N-methyl/N-ethyl adjacent to an activating group) is 1. The van der Waals surface area contributed by atoms with Gasteiger partial charge in [-0.15, -0.1) is 0 Å². The second-order valence-electron chi connectivity index (χ2n) is 16.7. The Morgan fingerprint density at radius 3 is 2.04 bits per heavy atom. The summed E-state index contributed by atoms with van der Waals surface area (Å²) in [7, 11) is 1.42. The van der Waals surface area contributed by atoms with E-state index < -0.39 is 44.9 Å². The van der Waals surface area contributed by atoms with E-state index in [1.807, 2.05) is 45.4 Å². The zero-order valence-electron chi connectivity index (χ0n) is 35.2. The molecule has 11 nitrogen and oxygen atoms in total. The molecule has 1 fully saturated rings. The summed E-state index contributed by atoms with van der Waals surface area (Å²) in [6.45, 7) is 4.48. The molecule has 12 heteroatoms. The molecular weight excluding hydrogens is 719 g/mol. The Bertz CT molecular complexity index is 1110. The standard InChI is InChI=1S/C43H81N2O9P/c1-6-8-10-11-12-13-14-15-16-17-18-19-24-28-40(47)39(35-54-55(51,52)53-33-32-45(3,4)5)44-43(50)29-25-21-20-23-27-37-38(42(49)34-41(37)48)31-30-36(46)26-22-9-7-2/h20,23-24,28,30-31,36-42,46-49H,6-19,21-22,25-27,29,32-35H2,1-5H3,(H-,44,50,51,52)/p+1/b23-20+,28-24+,31-30+/t36-,37+,38+,39-,40+,41-,42+/m0/s1. The van der Waals surface area contributed by atoms with E-state index in [2.05, 4.69) is 19.2 Å². The minimum Gasteiger partial charge on any atom is -0.393 e. The Kier molecular flexibility index (Phi) is 28.8. The molecular formula is C43H82N2O9P+. The fraction of sp³-hybridized carbons (Fsp3) is 0.837. The number of aliphatic hydroxyl groups is 4. The maximum atomic E-state index is 12.9. The third-order valence-electron chi connectivity index (χ3n) is 10.4. The second kappa shape index (κ2) is 30.6. The number of phosphoric ester groups is 1. The quantitative estimate of drug-likeness (QED) is 0.0164. The van der Waals surface area contributed by atoms with Gasteiger partial charge in [0.05, 0.1) is 58.2 Å². The van der Waals surface area contributed by atoms with Crippen molar-refractivity contribution in [2.45, 2.75) is 179 Å². The zero-order valence-corrected chi connectivity index (χ0v) is 36.1. The first kappa shape index (κ1) is 51.6. The highest BCUT2D eigenvalue weighted by atomic mass is 31.2. The predicted octanol–water partition coefficient (Wildman–Crippen LogP) is 7.90. The molecule has 1 unspecified atom stereocenters. The van der Waals surface area contributed by atoms with Gasteiger partial charge in [-0.2, -0.15) is 0 Å². The zero-order chi connectivity index (χ0) is 41.0. The number of amides is 1. The van der Waals surface area contributed by atoms with Gasteiger partial charge in [-0.25, -0.2) is 4.57 Å². The lowest BCUT2D eigenvalue weighted by molar-refractivity contribution is -0.870. The fourth-order valence-corrected chi connectivity index (χ4v) is 7.59. The van der Waals surface area contributed by atoms with E-state index in [0.717, 1.165) is 38.5 Å². The van der Waals surface area contributed by atoms with Crippen LogP contribution in [0.4, 0.5) is 0 Å². The molecule has 0 spiro atoms. The van der Waals surface area contributed by atoms with Gasteiger partial charge in [0.1, 0.15) is 13.2 Å². The first-order valence-electron chi connectivity index (χ1n) is 21.6. The molecule has 1 aliphatic carbocycles. The summed E-state index contributed by atoms with van der Waals surface area (Å²) < 4.78 is 23.5. The number of carbonyl (C=O) groups is 1. The van der Waals surface area contributed by atoms with Crippen molar-refractivity contribution in [1.82, 2.24) is 5.32 Å². The van der Waals surface area contributed by atoms with E-state index in [0.29, 0.717) is 43.1 Å². The highest BCUT2D eigenvalue weighted by Gasteiger charge is 2.39. The summed E-state index contributed by atoms with van der Waals surface area (Å²) >= 11 is 0. The molecule has 0 aromatic rings. The number of aliphatic hydroxyl groups excluding tert-OH is 4. The van der Waals surface area contributed by atoms with Crippen LogP contribution in [0.1, 0.15) is 149 Å². The van der Waals surface area contributed by atoms with Gasteiger partial charge in [0.25, 0.3) is 0 Å². The van der Waals surface area contributed by atoms with Gasteiger partial charge in [-0.05, 0) is 44.4 Å². The van der Waals surface area contributed by atoms with Crippen LogP contribution in [0.3, 0.4) is 0 Å². The van der Waals surface area contributed by atoms with E-state index in [4.69, 9.17) is 9.05 Å². The predicted molar refractivity (Wildman–Crippen MR) is 223 cm³/mol. The number of quaternary nitrogens is 1. The van der Waals surface area contributed by atoms with Crippen LogP contribution in [-0.2, 0) is 18.4 Å². The van der Waals surface area contributed by atoms with Crippen LogP contribution in [0.25, 0.3) is 0 Å². The molecule has 0 aliphatic heterocycles. The van der Waals surface area contributed by atoms with Gasteiger partial charge < -0.3 is 35.1 Å². The topological polar surface area (TPSA) is 166 Å². The molecule has 0 heterocycles. The van der Waals surface area contributed by atoms with Gasteiger partial charge in [-0.1, -0.05) is 134 Å². The highest BCUT2D eigenvalue weighted by molar-refractivity contribution is 7.47. The third kappa shape index (κ3) is 27.0. The van der Waals surface area contributed by atoms with Crippen LogP contribution in [-0.4, -0.2) is 107 Å². The number of allylic oxidation sites excluding steroid dienone is 3. The number of rotatable bonds is 34. The first-order chi connectivity index (χ1) is 26.2. The highest BCUT2D eigenvalue weighted by Crippen LogP contribution is 2.43. The SMILES string of the molecule is CCCCCCCCCCCCC/C=C/[C@@H](O)[C@H](COP(=O)(O)OCC[N+](C)(C)C)NC(=O)CCC/C=C/C[C@@H]1[C@@H](/C=C/[C@@H](O)CCCCC)[C@H](O)C[C@@H]1O. The average molecular weight is 802 g/mol. The number of unbranched alkanes of at least 4 members (excludes halogenated alkanes) is 14. The minimum absolute atomic E-state index is 0.0170. The maximum absolute atomic E-state index is 12.9. The average Bonchev–Trinajstić information content (AvgIpc) is 3.39. The van der Waals surface area contributed by atoms with E-state index in [1.165, 1.54) is 57.8 Å². The van der Waals surface area contributed by atoms with Gasteiger partial charge in [0.2, 0.25) is 5.91 Å². The molecule has 0 saturated heterocycles. The van der Waals surface area contributed by atoms with Crippen LogP contribution < -0.4 is 5.32 Å². The van der Waals surface area contributed by atoms with Crippen molar-refractivity contribution >= 4 is 13.7 Å². The Labute approximate surface area is 334 Å². The van der Waals surface area contributed by atoms with Crippen molar-refractivity contribution in [3.8, 4) is 0 Å². The van der Waals surface area contributed by atoms with Crippen molar-refractivity contribution in [2.24, 2.45) is 11.8 Å². The molecule has 0 radical (unpaired) electrons. The van der Waals surface area contributed by atoms with Gasteiger partial charge in [0, 0.05) is 18.8 Å². The van der Waals surface area contributed by atoms with Crippen molar-refractivity contribution in [3.63, 3.8) is 0 Å². The van der Waals surface area contributed by atoms with E-state index >= 15 is 0 Å². The molecule has 1 aliphatic rings. The Hall–Kier alpha value is -1.40. The number of nitrogens with zero attached hydrogens (tertiary/aromatic N) is 1. The molecule has 0 bridgehead atoms. The summed E-state index contributed by atoms with van der Waals surface area (Å²) in [6, 6.07) is -0.940. The lowest BCUT2D eigenvalue weighted by Crippen LogP contribution is -2.45. The van der Waals surface area contributed by atoms with Crippen molar-refractivity contribution in [2.75, 3.05) is 40.9 Å². The summed E-state index contributed by atoms with van der Waals surface area (Å²) in [5.41, 5.74) is 0. The number of nitrogens with one attached hydrogen (secondary N) is 1. The Morgan fingerprint density at radius 1 is 0.800 bits per heavy atom. The molecule has 322 valence electrons. The molecule has 1 amide bonds. The van der Waals surface area contributed by atoms with E-state index in [-0.39, 0.29) is 30.8 Å². The number of hydrogen-bond acceptors (Lipinski definition) is 8. The van der Waals surface area contributed by atoms with Crippen molar-refractivity contribution in [1.29, 1.82) is 0 Å². The van der Waals surface area contributed by atoms with Crippen LogP contribution in [0.5, 0.6) is 0 Å². The van der Waals surface area contributed by atoms with Crippen LogP contribution in [0.15, 0.2) is 36.5 Å². The molecule has 0 aromatic heterocycles. The molecule has 6 N–H and O–H groups in total. The van der Waals surface area contributed by atoms with Gasteiger partial charge in [-0.3, -0.25) is 13.8 Å². The lowest BCUT2D eigenvalue weighted by atomic mass is 9.89. The lowest BCUT2D eigenvalue weighted by Gasteiger charge is -2.25. The summed E-state index contributed by atoms with van der Waals surface area (Å²) in [5, 5.41) is 45.1. The normalized spacial score (nSPS) is 22.1. The number of carbonyl (C=O) groups excluding carboxylic acids is 1. The van der Waals surface area contributed by atoms with Crippen LogP contribution in [0.2, 0.25) is 0 Å².